The molecule has 2 aromatic carbocycles. The van der Waals surface area contributed by atoms with Gasteiger partial charge in [0, 0.05) is 5.56 Å². The number of alkyl halides is 6. The summed E-state index contributed by atoms with van der Waals surface area (Å²) in [6.07, 6.45) is -10.5. The third-order valence-corrected chi connectivity index (χ3v) is 4.22. The maximum absolute atomic E-state index is 13.3. The number of carbonyl (C=O) groups is 2. The number of esters is 1. The second-order valence-corrected chi connectivity index (χ2v) is 6.42. The largest absolute Gasteiger partial charge is 0.429 e. The first-order valence-corrected chi connectivity index (χ1v) is 8.29. The van der Waals surface area contributed by atoms with Gasteiger partial charge >= 0.3 is 18.3 Å². The smallest absolute Gasteiger partial charge is 0.416 e. The number of carbonyl (C=O) groups excluding carboxylic acids is 2. The molecule has 0 radical (unpaired) electrons. The maximum Gasteiger partial charge on any atom is 0.416 e. The molecule has 2 aromatic rings. The minimum absolute atomic E-state index is 0.0218. The normalized spacial score (nSPS) is 15.1. The molecule has 0 saturated carbocycles. The van der Waals surface area contributed by atoms with E-state index in [4.69, 9.17) is 17.2 Å². The first-order chi connectivity index (χ1) is 14.5. The van der Waals surface area contributed by atoms with Gasteiger partial charge in [-0.15, -0.1) is 0 Å². The van der Waals surface area contributed by atoms with E-state index in [1.165, 1.54) is 0 Å². The van der Waals surface area contributed by atoms with Crippen LogP contribution in [0.3, 0.4) is 0 Å². The van der Waals surface area contributed by atoms with Crippen LogP contribution in [0.5, 0.6) is 0 Å². The Hall–Kier alpha value is -3.26. The fraction of sp³-hybridized carbons (Fsp3) is 0.222. The molecule has 2 unspecified atom stereocenters. The molecular weight excluding hydrogens is 458 g/mol. The summed E-state index contributed by atoms with van der Waals surface area (Å²) in [6.45, 7) is 0. The number of hydrogen-bond acceptors (Lipinski definition) is 5. The quantitative estimate of drug-likeness (QED) is 0.352. The third-order valence-electron chi connectivity index (χ3n) is 4.22. The minimum atomic E-state index is -5.30. The number of rotatable bonds is 5. The SMILES string of the molecule is NC(=O)C(N)(OC(=O)C(N)c1ccc(F)cc1C(F)(F)F)c1ccc(F)cc1C(F)(F)F. The van der Waals surface area contributed by atoms with Crippen molar-refractivity contribution < 1.29 is 49.4 Å². The van der Waals surface area contributed by atoms with E-state index in [0.29, 0.717) is 24.3 Å². The summed E-state index contributed by atoms with van der Waals surface area (Å²) in [7, 11) is 0. The lowest BCUT2D eigenvalue weighted by molar-refractivity contribution is -0.172. The second-order valence-electron chi connectivity index (χ2n) is 6.42. The van der Waals surface area contributed by atoms with Crippen molar-refractivity contribution in [1.82, 2.24) is 0 Å². The van der Waals surface area contributed by atoms with Crippen molar-refractivity contribution >= 4 is 11.9 Å². The molecule has 0 aliphatic carbocycles. The molecule has 0 saturated heterocycles. The van der Waals surface area contributed by atoms with Crippen LogP contribution in [0.25, 0.3) is 0 Å². The Balaban J connectivity index is 2.55. The van der Waals surface area contributed by atoms with Crippen LogP contribution in [0.4, 0.5) is 35.1 Å². The molecule has 1 amide bonds. The summed E-state index contributed by atoms with van der Waals surface area (Å²) < 4.78 is 111. The molecule has 6 N–H and O–H groups in total. The fourth-order valence-electron chi connectivity index (χ4n) is 2.71. The van der Waals surface area contributed by atoms with Crippen LogP contribution in [0.2, 0.25) is 0 Å². The second kappa shape index (κ2) is 8.35. The van der Waals surface area contributed by atoms with Gasteiger partial charge in [0.1, 0.15) is 17.7 Å². The van der Waals surface area contributed by atoms with Gasteiger partial charge in [-0.1, -0.05) is 6.07 Å². The number of hydrogen-bond donors (Lipinski definition) is 3. The zero-order chi connectivity index (χ0) is 24.6. The molecule has 0 aromatic heterocycles. The van der Waals surface area contributed by atoms with Crippen LogP contribution in [0.1, 0.15) is 28.3 Å². The van der Waals surface area contributed by atoms with Gasteiger partial charge in [-0.05, 0) is 35.9 Å². The lowest BCUT2D eigenvalue weighted by Crippen LogP contribution is -2.54. The molecule has 2 atom stereocenters. The van der Waals surface area contributed by atoms with E-state index in [2.05, 4.69) is 4.74 Å². The van der Waals surface area contributed by atoms with Gasteiger partial charge in [-0.25, -0.2) is 13.6 Å². The predicted molar refractivity (Wildman–Crippen MR) is 90.9 cm³/mol. The standard InChI is InChI=1S/C18H13F8N3O3/c19-7-1-3-9(11(5-7)17(21,22)23)13(27)14(30)32-16(29,15(28)31)10-4-2-8(20)6-12(10)18(24,25)26/h1-6,13H,27,29H2,(H2,28,31). The van der Waals surface area contributed by atoms with E-state index in [1.807, 2.05) is 0 Å². The molecule has 0 heterocycles. The number of amides is 1. The molecule has 0 aliphatic heterocycles. The van der Waals surface area contributed by atoms with Crippen molar-refractivity contribution in [1.29, 1.82) is 0 Å². The Morgan fingerprint density at radius 1 is 0.812 bits per heavy atom. The Morgan fingerprint density at radius 2 is 1.28 bits per heavy atom. The minimum Gasteiger partial charge on any atom is -0.429 e. The van der Waals surface area contributed by atoms with Crippen molar-refractivity contribution in [3.05, 3.63) is 70.3 Å². The van der Waals surface area contributed by atoms with E-state index in [9.17, 15) is 44.7 Å². The monoisotopic (exact) mass is 471 g/mol. The van der Waals surface area contributed by atoms with Crippen molar-refractivity contribution in [2.75, 3.05) is 0 Å². The highest BCUT2D eigenvalue weighted by Crippen LogP contribution is 2.38. The maximum atomic E-state index is 13.3. The molecule has 0 bridgehead atoms. The summed E-state index contributed by atoms with van der Waals surface area (Å²) in [6, 6.07) is -0.576. The highest BCUT2D eigenvalue weighted by Gasteiger charge is 2.47. The lowest BCUT2D eigenvalue weighted by atomic mass is 9.95. The van der Waals surface area contributed by atoms with Crippen LogP contribution in [0, 0.1) is 11.6 Å². The number of halogens is 8. The van der Waals surface area contributed by atoms with E-state index < -0.39 is 69.9 Å². The average molecular weight is 471 g/mol. The third kappa shape index (κ3) is 4.96. The van der Waals surface area contributed by atoms with Gasteiger partial charge in [-0.2, -0.15) is 26.3 Å². The Morgan fingerprint density at radius 3 is 1.75 bits per heavy atom. The molecule has 174 valence electrons. The Kier molecular flexibility index (Phi) is 6.52. The van der Waals surface area contributed by atoms with Crippen LogP contribution < -0.4 is 17.2 Å². The zero-order valence-electron chi connectivity index (χ0n) is 15.5. The molecule has 32 heavy (non-hydrogen) atoms. The van der Waals surface area contributed by atoms with Gasteiger partial charge in [-0.3, -0.25) is 10.5 Å². The predicted octanol–water partition coefficient (Wildman–Crippen LogP) is 2.84. The summed E-state index contributed by atoms with van der Waals surface area (Å²) >= 11 is 0. The van der Waals surface area contributed by atoms with Gasteiger partial charge in [0.25, 0.3) is 11.6 Å². The summed E-state index contributed by atoms with van der Waals surface area (Å²) in [4.78, 5) is 24.2. The van der Waals surface area contributed by atoms with E-state index in [0.717, 1.165) is 0 Å². The van der Waals surface area contributed by atoms with Gasteiger partial charge < -0.3 is 16.2 Å². The van der Waals surface area contributed by atoms with Crippen molar-refractivity contribution in [2.24, 2.45) is 17.2 Å². The number of benzene rings is 2. The van der Waals surface area contributed by atoms with Crippen molar-refractivity contribution in [3.63, 3.8) is 0 Å². The van der Waals surface area contributed by atoms with Gasteiger partial charge in [0.15, 0.2) is 0 Å². The van der Waals surface area contributed by atoms with E-state index in [1.54, 1.807) is 0 Å². The van der Waals surface area contributed by atoms with Gasteiger partial charge in [0.05, 0.1) is 11.1 Å². The molecular formula is C18H13F8N3O3. The number of nitrogens with two attached hydrogens (primary N) is 3. The van der Waals surface area contributed by atoms with Crippen LogP contribution >= 0.6 is 0 Å². The number of ether oxygens (including phenoxy) is 1. The van der Waals surface area contributed by atoms with Crippen molar-refractivity contribution in [2.45, 2.75) is 24.1 Å². The zero-order valence-corrected chi connectivity index (χ0v) is 15.5. The Labute approximate surface area is 173 Å². The first-order valence-electron chi connectivity index (χ1n) is 8.29. The first kappa shape index (κ1) is 25.0. The van der Waals surface area contributed by atoms with Gasteiger partial charge in [0.2, 0.25) is 0 Å². The molecule has 0 fully saturated rings. The summed E-state index contributed by atoms with van der Waals surface area (Å²) in [5.74, 6) is -6.49. The molecule has 2 rings (SSSR count). The van der Waals surface area contributed by atoms with Crippen LogP contribution in [-0.4, -0.2) is 11.9 Å². The fourth-order valence-corrected chi connectivity index (χ4v) is 2.71. The lowest BCUT2D eigenvalue weighted by Gasteiger charge is -2.30. The molecule has 14 heteroatoms. The summed E-state index contributed by atoms with van der Waals surface area (Å²) in [5, 5.41) is 0. The van der Waals surface area contributed by atoms with E-state index in [-0.39, 0.29) is 12.1 Å². The molecule has 6 nitrogen and oxygen atoms in total. The van der Waals surface area contributed by atoms with Crippen LogP contribution in [0.15, 0.2) is 36.4 Å². The highest BCUT2D eigenvalue weighted by atomic mass is 19.4. The summed E-state index contributed by atoms with van der Waals surface area (Å²) in [5.41, 5.74) is 6.69. The molecule has 0 aliphatic rings. The van der Waals surface area contributed by atoms with Crippen molar-refractivity contribution in [3.8, 4) is 0 Å². The number of primary amides is 1. The molecule has 0 spiro atoms. The Bertz CT molecular complexity index is 1050. The van der Waals surface area contributed by atoms with E-state index >= 15 is 0 Å². The topological polar surface area (TPSA) is 121 Å². The average Bonchev–Trinajstić information content (AvgIpc) is 2.65. The highest BCUT2D eigenvalue weighted by molar-refractivity contribution is 5.89. The van der Waals surface area contributed by atoms with Crippen LogP contribution in [-0.2, 0) is 32.4 Å².